The van der Waals surface area contributed by atoms with Crippen molar-refractivity contribution in [2.75, 3.05) is 5.32 Å². The molecular formula is C10H11ClN4O2. The second kappa shape index (κ2) is 4.67. The lowest BCUT2D eigenvalue weighted by atomic mass is 10.2. The zero-order valence-electron chi connectivity index (χ0n) is 9.18. The number of aryl methyl sites for hydroxylation is 1. The average molecular weight is 255 g/mol. The summed E-state index contributed by atoms with van der Waals surface area (Å²) in [7, 11) is 0. The van der Waals surface area contributed by atoms with Gasteiger partial charge in [-0.2, -0.15) is 4.98 Å². The number of nitrogens with one attached hydrogen (secondary N) is 1. The van der Waals surface area contributed by atoms with Crippen LogP contribution in [-0.2, 0) is 0 Å². The Hall–Kier alpha value is -1.69. The van der Waals surface area contributed by atoms with Crippen molar-refractivity contribution in [3.05, 3.63) is 33.2 Å². The number of aromatic nitrogens is 2. The van der Waals surface area contributed by atoms with E-state index >= 15 is 0 Å². The minimum Gasteiger partial charge on any atom is -0.361 e. The van der Waals surface area contributed by atoms with Gasteiger partial charge in [0.25, 0.3) is 0 Å². The maximum absolute atomic E-state index is 11.0. The first kappa shape index (κ1) is 11.8. The molecular weight excluding hydrogens is 244 g/mol. The Bertz CT molecular complexity index is 481. The number of nitro groups is 1. The van der Waals surface area contributed by atoms with Gasteiger partial charge in [-0.05, 0) is 31.4 Å². The fourth-order valence-corrected chi connectivity index (χ4v) is 1.99. The molecule has 1 N–H and O–H groups in total. The van der Waals surface area contributed by atoms with Gasteiger partial charge in [0.1, 0.15) is 5.69 Å². The summed E-state index contributed by atoms with van der Waals surface area (Å²) in [5.41, 5.74) is 0.157. The van der Waals surface area contributed by atoms with Crippen LogP contribution in [0.15, 0.2) is 12.2 Å². The molecule has 90 valence electrons. The molecule has 0 bridgehead atoms. The van der Waals surface area contributed by atoms with Gasteiger partial charge < -0.3 is 5.32 Å². The molecule has 0 unspecified atom stereocenters. The predicted octanol–water partition coefficient (Wildman–Crippen LogP) is 2.48. The lowest BCUT2D eigenvalue weighted by Gasteiger charge is -2.13. The molecule has 0 fully saturated rings. The number of hydrogen-bond donors (Lipinski definition) is 1. The Morgan fingerprint density at radius 2 is 2.12 bits per heavy atom. The molecule has 6 nitrogen and oxygen atoms in total. The first-order valence-corrected chi connectivity index (χ1v) is 5.56. The van der Waals surface area contributed by atoms with Crippen molar-refractivity contribution in [1.82, 2.24) is 9.97 Å². The summed E-state index contributed by atoms with van der Waals surface area (Å²) in [6.07, 6.45) is 5.72. The van der Waals surface area contributed by atoms with Crippen LogP contribution >= 0.6 is 11.6 Å². The SMILES string of the molecule is Cc1nc(Cl)nc(NC2CC=CC2)c1[N+](=O)[O-]. The highest BCUT2D eigenvalue weighted by Crippen LogP contribution is 2.28. The molecule has 1 aromatic heterocycles. The van der Waals surface area contributed by atoms with E-state index in [0.717, 1.165) is 12.8 Å². The molecule has 0 radical (unpaired) electrons. The van der Waals surface area contributed by atoms with Gasteiger partial charge in [0.05, 0.1) is 4.92 Å². The van der Waals surface area contributed by atoms with E-state index in [-0.39, 0.29) is 28.5 Å². The van der Waals surface area contributed by atoms with Crippen LogP contribution < -0.4 is 5.32 Å². The summed E-state index contributed by atoms with van der Waals surface area (Å²) < 4.78 is 0. The maximum atomic E-state index is 11.0. The van der Waals surface area contributed by atoms with Gasteiger partial charge in [-0.25, -0.2) is 4.98 Å². The summed E-state index contributed by atoms with van der Waals surface area (Å²) in [6, 6.07) is 0.138. The number of halogens is 1. The minimum atomic E-state index is -0.490. The highest BCUT2D eigenvalue weighted by Gasteiger charge is 2.23. The van der Waals surface area contributed by atoms with Crippen LogP contribution in [0.5, 0.6) is 0 Å². The van der Waals surface area contributed by atoms with Crippen molar-refractivity contribution >= 4 is 23.1 Å². The Morgan fingerprint density at radius 1 is 1.47 bits per heavy atom. The van der Waals surface area contributed by atoms with Crippen molar-refractivity contribution in [2.45, 2.75) is 25.8 Å². The minimum absolute atomic E-state index is 0.0153. The first-order valence-electron chi connectivity index (χ1n) is 5.18. The maximum Gasteiger partial charge on any atom is 0.332 e. The predicted molar refractivity (Wildman–Crippen MR) is 64.2 cm³/mol. The molecule has 0 saturated heterocycles. The smallest absolute Gasteiger partial charge is 0.332 e. The van der Waals surface area contributed by atoms with Crippen molar-refractivity contribution in [3.8, 4) is 0 Å². The highest BCUT2D eigenvalue weighted by molar-refractivity contribution is 6.28. The Kier molecular flexibility index (Phi) is 3.23. The summed E-state index contributed by atoms with van der Waals surface area (Å²) in [5, 5.41) is 14.0. The lowest BCUT2D eigenvalue weighted by molar-refractivity contribution is -0.385. The quantitative estimate of drug-likeness (QED) is 0.388. The number of nitrogens with zero attached hydrogens (tertiary/aromatic N) is 3. The molecule has 2 rings (SSSR count). The van der Waals surface area contributed by atoms with Gasteiger partial charge in [-0.15, -0.1) is 0 Å². The Morgan fingerprint density at radius 3 is 2.71 bits per heavy atom. The molecule has 1 heterocycles. The Balaban J connectivity index is 2.33. The second-order valence-corrected chi connectivity index (χ2v) is 4.15. The second-order valence-electron chi connectivity index (χ2n) is 3.82. The van der Waals surface area contributed by atoms with E-state index in [2.05, 4.69) is 15.3 Å². The molecule has 0 saturated carbocycles. The van der Waals surface area contributed by atoms with E-state index in [9.17, 15) is 10.1 Å². The van der Waals surface area contributed by atoms with E-state index in [1.54, 1.807) is 6.92 Å². The van der Waals surface area contributed by atoms with Gasteiger partial charge in [0.2, 0.25) is 11.1 Å². The molecule has 1 aromatic rings. The van der Waals surface area contributed by atoms with Gasteiger partial charge in [0.15, 0.2) is 0 Å². The fourth-order valence-electron chi connectivity index (χ4n) is 1.78. The zero-order chi connectivity index (χ0) is 12.4. The molecule has 0 atom stereocenters. The molecule has 0 aromatic carbocycles. The van der Waals surface area contributed by atoms with Crippen molar-refractivity contribution in [2.24, 2.45) is 0 Å². The van der Waals surface area contributed by atoms with Gasteiger partial charge >= 0.3 is 5.69 Å². The summed E-state index contributed by atoms with van der Waals surface area (Å²) in [6.45, 7) is 1.55. The first-order chi connectivity index (χ1) is 8.08. The summed E-state index contributed by atoms with van der Waals surface area (Å²) in [4.78, 5) is 18.1. The van der Waals surface area contributed by atoms with E-state index in [1.165, 1.54) is 0 Å². The van der Waals surface area contributed by atoms with Crippen LogP contribution in [0, 0.1) is 17.0 Å². The topological polar surface area (TPSA) is 81.0 Å². The molecule has 0 aliphatic heterocycles. The molecule has 0 spiro atoms. The van der Waals surface area contributed by atoms with Crippen LogP contribution in [0.25, 0.3) is 0 Å². The van der Waals surface area contributed by atoms with Gasteiger partial charge in [-0.3, -0.25) is 10.1 Å². The van der Waals surface area contributed by atoms with Gasteiger partial charge in [-0.1, -0.05) is 12.2 Å². The summed E-state index contributed by atoms with van der Waals surface area (Å²) in [5.74, 6) is 0.196. The largest absolute Gasteiger partial charge is 0.361 e. The standard InChI is InChI=1S/C10H11ClN4O2/c1-6-8(15(16)17)9(14-10(11)12-6)13-7-4-2-3-5-7/h2-3,7H,4-5H2,1H3,(H,12,13,14). The lowest BCUT2D eigenvalue weighted by Crippen LogP contribution is -2.18. The monoisotopic (exact) mass is 254 g/mol. The van der Waals surface area contributed by atoms with Crippen LogP contribution in [0.3, 0.4) is 0 Å². The van der Waals surface area contributed by atoms with E-state index < -0.39 is 4.92 Å². The summed E-state index contributed by atoms with van der Waals surface area (Å²) >= 11 is 5.71. The van der Waals surface area contributed by atoms with Crippen molar-refractivity contribution in [1.29, 1.82) is 0 Å². The number of anilines is 1. The van der Waals surface area contributed by atoms with Crippen molar-refractivity contribution < 1.29 is 4.92 Å². The van der Waals surface area contributed by atoms with Gasteiger partial charge in [0, 0.05) is 6.04 Å². The Labute approximate surface area is 103 Å². The normalized spacial score (nSPS) is 15.2. The van der Waals surface area contributed by atoms with Crippen LogP contribution in [0.2, 0.25) is 5.28 Å². The van der Waals surface area contributed by atoms with E-state index in [0.29, 0.717) is 0 Å². The average Bonchev–Trinajstić information content (AvgIpc) is 2.68. The third kappa shape index (κ3) is 2.52. The van der Waals surface area contributed by atoms with Crippen LogP contribution in [0.4, 0.5) is 11.5 Å². The van der Waals surface area contributed by atoms with Crippen molar-refractivity contribution in [3.63, 3.8) is 0 Å². The molecule has 17 heavy (non-hydrogen) atoms. The van der Waals surface area contributed by atoms with Crippen LogP contribution in [0.1, 0.15) is 18.5 Å². The van der Waals surface area contributed by atoms with Crippen LogP contribution in [-0.4, -0.2) is 20.9 Å². The fraction of sp³-hybridized carbons (Fsp3) is 0.400. The number of rotatable bonds is 3. The third-order valence-electron chi connectivity index (χ3n) is 2.56. The molecule has 0 amide bonds. The highest BCUT2D eigenvalue weighted by atomic mass is 35.5. The zero-order valence-corrected chi connectivity index (χ0v) is 9.94. The molecule has 1 aliphatic carbocycles. The van der Waals surface area contributed by atoms with E-state index in [4.69, 9.17) is 11.6 Å². The van der Waals surface area contributed by atoms with E-state index in [1.807, 2.05) is 12.2 Å². The molecule has 1 aliphatic rings. The number of hydrogen-bond acceptors (Lipinski definition) is 5. The molecule has 7 heteroatoms. The third-order valence-corrected chi connectivity index (χ3v) is 2.73.